The van der Waals surface area contributed by atoms with Crippen LogP contribution in [0.1, 0.15) is 20.3 Å². The van der Waals surface area contributed by atoms with Crippen LogP contribution in [-0.4, -0.2) is 25.8 Å². The maximum Gasteiger partial charge on any atom is 0.333 e. The standard InChI is InChI=1S/C10H16O3/c1-8(2)9(11)13-5-4-10(3)6-12-7-10/h1,4-7H2,2-3H3. The van der Waals surface area contributed by atoms with E-state index in [2.05, 4.69) is 13.5 Å². The Morgan fingerprint density at radius 2 is 2.23 bits per heavy atom. The van der Waals surface area contributed by atoms with E-state index in [0.717, 1.165) is 19.6 Å². The zero-order valence-electron chi connectivity index (χ0n) is 8.26. The molecule has 0 radical (unpaired) electrons. The molecule has 0 unspecified atom stereocenters. The van der Waals surface area contributed by atoms with Gasteiger partial charge in [0.05, 0.1) is 19.8 Å². The molecule has 0 spiro atoms. The van der Waals surface area contributed by atoms with E-state index in [9.17, 15) is 4.79 Å². The van der Waals surface area contributed by atoms with Gasteiger partial charge in [-0.25, -0.2) is 4.79 Å². The predicted molar refractivity (Wildman–Crippen MR) is 49.3 cm³/mol. The second kappa shape index (κ2) is 3.92. The van der Waals surface area contributed by atoms with Gasteiger partial charge >= 0.3 is 5.97 Å². The van der Waals surface area contributed by atoms with Crippen LogP contribution in [0.5, 0.6) is 0 Å². The van der Waals surface area contributed by atoms with Gasteiger partial charge in [-0.1, -0.05) is 13.5 Å². The minimum absolute atomic E-state index is 0.218. The molecule has 1 fully saturated rings. The Kier molecular flexibility index (Phi) is 3.09. The largest absolute Gasteiger partial charge is 0.462 e. The van der Waals surface area contributed by atoms with Crippen LogP contribution in [0.25, 0.3) is 0 Å². The van der Waals surface area contributed by atoms with E-state index in [1.807, 2.05) is 0 Å². The van der Waals surface area contributed by atoms with Crippen molar-refractivity contribution in [2.75, 3.05) is 19.8 Å². The first kappa shape index (κ1) is 10.3. The summed E-state index contributed by atoms with van der Waals surface area (Å²) in [6.07, 6.45) is 0.867. The summed E-state index contributed by atoms with van der Waals surface area (Å²) >= 11 is 0. The van der Waals surface area contributed by atoms with Crippen molar-refractivity contribution in [3.8, 4) is 0 Å². The summed E-state index contributed by atoms with van der Waals surface area (Å²) in [7, 11) is 0. The molecule has 0 aromatic rings. The number of carbonyl (C=O) groups is 1. The molecule has 3 heteroatoms. The first-order valence-corrected chi connectivity index (χ1v) is 4.44. The molecular formula is C10H16O3. The van der Waals surface area contributed by atoms with Gasteiger partial charge in [-0.15, -0.1) is 0 Å². The Labute approximate surface area is 78.7 Å². The first-order chi connectivity index (χ1) is 6.03. The Morgan fingerprint density at radius 1 is 1.62 bits per heavy atom. The van der Waals surface area contributed by atoms with Gasteiger partial charge in [0.2, 0.25) is 0 Å². The summed E-state index contributed by atoms with van der Waals surface area (Å²) in [5, 5.41) is 0. The van der Waals surface area contributed by atoms with Crippen LogP contribution in [0.15, 0.2) is 12.2 Å². The minimum Gasteiger partial charge on any atom is -0.462 e. The van der Waals surface area contributed by atoms with Crippen molar-refractivity contribution in [3.63, 3.8) is 0 Å². The van der Waals surface area contributed by atoms with E-state index >= 15 is 0 Å². The second-order valence-electron chi connectivity index (χ2n) is 3.97. The van der Waals surface area contributed by atoms with Gasteiger partial charge in [0.1, 0.15) is 0 Å². The molecule has 0 saturated carbocycles. The third-order valence-corrected chi connectivity index (χ3v) is 2.19. The molecule has 1 aliphatic rings. The Balaban J connectivity index is 2.13. The highest BCUT2D eigenvalue weighted by molar-refractivity contribution is 5.86. The lowest BCUT2D eigenvalue weighted by molar-refractivity contribution is -0.145. The van der Waals surface area contributed by atoms with Gasteiger partial charge in [0, 0.05) is 11.0 Å². The van der Waals surface area contributed by atoms with Gasteiger partial charge in [0.15, 0.2) is 0 Å². The first-order valence-electron chi connectivity index (χ1n) is 4.44. The second-order valence-corrected chi connectivity index (χ2v) is 3.97. The van der Waals surface area contributed by atoms with Crippen molar-refractivity contribution in [1.29, 1.82) is 0 Å². The molecule has 0 bridgehead atoms. The van der Waals surface area contributed by atoms with Crippen LogP contribution in [0.2, 0.25) is 0 Å². The van der Waals surface area contributed by atoms with E-state index in [1.54, 1.807) is 6.92 Å². The minimum atomic E-state index is -0.302. The Hall–Kier alpha value is -0.830. The average molecular weight is 184 g/mol. The number of ether oxygens (including phenoxy) is 2. The molecular weight excluding hydrogens is 168 g/mol. The number of rotatable bonds is 4. The van der Waals surface area contributed by atoms with Gasteiger partial charge in [-0.2, -0.15) is 0 Å². The van der Waals surface area contributed by atoms with Gasteiger partial charge in [-0.05, 0) is 13.3 Å². The van der Waals surface area contributed by atoms with E-state index in [1.165, 1.54) is 0 Å². The molecule has 0 aromatic carbocycles. The van der Waals surface area contributed by atoms with Crippen molar-refractivity contribution >= 4 is 5.97 Å². The molecule has 0 aromatic heterocycles. The SMILES string of the molecule is C=C(C)C(=O)OCCC1(C)COC1. The van der Waals surface area contributed by atoms with Gasteiger partial charge in [-0.3, -0.25) is 0 Å². The normalized spacial score (nSPS) is 18.9. The van der Waals surface area contributed by atoms with Crippen LogP contribution < -0.4 is 0 Å². The van der Waals surface area contributed by atoms with Crippen LogP contribution >= 0.6 is 0 Å². The summed E-state index contributed by atoms with van der Waals surface area (Å²) in [5.41, 5.74) is 0.671. The number of carbonyl (C=O) groups excluding carboxylic acids is 1. The molecule has 1 heterocycles. The zero-order chi connectivity index (χ0) is 9.90. The van der Waals surface area contributed by atoms with Crippen molar-refractivity contribution in [2.24, 2.45) is 5.41 Å². The number of hydrogen-bond acceptors (Lipinski definition) is 3. The van der Waals surface area contributed by atoms with Crippen LogP contribution in [-0.2, 0) is 14.3 Å². The van der Waals surface area contributed by atoms with Crippen LogP contribution in [0.3, 0.4) is 0 Å². The van der Waals surface area contributed by atoms with E-state index in [4.69, 9.17) is 9.47 Å². The molecule has 1 aliphatic heterocycles. The third-order valence-electron chi connectivity index (χ3n) is 2.19. The highest BCUT2D eigenvalue weighted by atomic mass is 16.5. The lowest BCUT2D eigenvalue weighted by atomic mass is 9.85. The summed E-state index contributed by atoms with van der Waals surface area (Å²) in [6, 6.07) is 0. The highest BCUT2D eigenvalue weighted by Gasteiger charge is 2.33. The summed E-state index contributed by atoms with van der Waals surface area (Å²) in [6.45, 7) is 9.30. The Bertz CT molecular complexity index is 216. The quantitative estimate of drug-likeness (QED) is 0.491. The molecule has 1 rings (SSSR count). The van der Waals surface area contributed by atoms with Gasteiger partial charge in [0.25, 0.3) is 0 Å². The molecule has 0 atom stereocenters. The fourth-order valence-corrected chi connectivity index (χ4v) is 1.11. The molecule has 74 valence electrons. The fraction of sp³-hybridized carbons (Fsp3) is 0.700. The lowest BCUT2D eigenvalue weighted by Gasteiger charge is -2.37. The predicted octanol–water partition coefficient (Wildman–Crippen LogP) is 1.53. The average Bonchev–Trinajstić information content (AvgIpc) is 2.01. The molecule has 3 nitrogen and oxygen atoms in total. The molecule has 0 N–H and O–H groups in total. The molecule has 0 aliphatic carbocycles. The summed E-state index contributed by atoms with van der Waals surface area (Å²) in [4.78, 5) is 11.0. The monoisotopic (exact) mass is 184 g/mol. The Morgan fingerprint density at radius 3 is 2.62 bits per heavy atom. The molecule has 13 heavy (non-hydrogen) atoms. The van der Waals surface area contributed by atoms with E-state index < -0.39 is 0 Å². The smallest absolute Gasteiger partial charge is 0.333 e. The van der Waals surface area contributed by atoms with Gasteiger partial charge < -0.3 is 9.47 Å². The van der Waals surface area contributed by atoms with E-state index in [0.29, 0.717) is 12.2 Å². The topological polar surface area (TPSA) is 35.5 Å². The fourth-order valence-electron chi connectivity index (χ4n) is 1.11. The number of hydrogen-bond donors (Lipinski definition) is 0. The maximum absolute atomic E-state index is 11.0. The van der Waals surface area contributed by atoms with Crippen molar-refractivity contribution < 1.29 is 14.3 Å². The van der Waals surface area contributed by atoms with Crippen molar-refractivity contribution in [2.45, 2.75) is 20.3 Å². The van der Waals surface area contributed by atoms with Crippen molar-refractivity contribution in [1.82, 2.24) is 0 Å². The van der Waals surface area contributed by atoms with Crippen LogP contribution in [0.4, 0.5) is 0 Å². The maximum atomic E-state index is 11.0. The summed E-state index contributed by atoms with van der Waals surface area (Å²) < 4.78 is 10.1. The van der Waals surface area contributed by atoms with E-state index in [-0.39, 0.29) is 11.4 Å². The number of esters is 1. The highest BCUT2D eigenvalue weighted by Crippen LogP contribution is 2.30. The molecule has 0 amide bonds. The lowest BCUT2D eigenvalue weighted by Crippen LogP contribution is -2.40. The van der Waals surface area contributed by atoms with Crippen molar-refractivity contribution in [3.05, 3.63) is 12.2 Å². The van der Waals surface area contributed by atoms with Crippen LogP contribution in [0, 0.1) is 5.41 Å². The zero-order valence-corrected chi connectivity index (χ0v) is 8.26. The third kappa shape index (κ3) is 2.84. The summed E-state index contributed by atoms with van der Waals surface area (Å²) in [5.74, 6) is -0.302. The molecule has 1 saturated heterocycles.